The number of benzene rings is 1. The van der Waals surface area contributed by atoms with Crippen molar-refractivity contribution in [2.24, 2.45) is 0 Å². The SMILES string of the molecule is CC(C)(C)OC(=O)N1CCc2c(nc(OC3CCN(C4CCOCC4)CC3)nc2N2CCN(C(=O)OCc3ccccc3)[C@@H](CC#N)C2)C1. The van der Waals surface area contributed by atoms with Crippen molar-refractivity contribution in [1.29, 1.82) is 5.26 Å². The van der Waals surface area contributed by atoms with Crippen molar-refractivity contribution < 1.29 is 28.5 Å². The topological polar surface area (TPSA) is 134 Å². The molecule has 0 radical (unpaired) electrons. The summed E-state index contributed by atoms with van der Waals surface area (Å²) in [6.45, 7) is 11.4. The molecule has 0 bridgehead atoms. The first-order valence-corrected chi connectivity index (χ1v) is 17.6. The molecule has 13 heteroatoms. The summed E-state index contributed by atoms with van der Waals surface area (Å²) in [5.74, 6) is 0.740. The third kappa shape index (κ3) is 8.91. The summed E-state index contributed by atoms with van der Waals surface area (Å²) < 4.78 is 23.4. The summed E-state index contributed by atoms with van der Waals surface area (Å²) >= 11 is 0. The standard InChI is InChI=1S/C36H49N7O6/c1-36(2,3)49-34(44)42-18-12-30-31(24-42)38-33(48-29-10-16-40(17-11-29)27-13-21-46-22-14-27)39-32(30)41-19-20-43(28(23-41)9-15-37)35(45)47-25-26-7-5-4-6-8-26/h4-8,27-29H,9-14,16-25H2,1-3H3/t28-/m0/s1. The first-order chi connectivity index (χ1) is 23.7. The van der Waals surface area contributed by atoms with Gasteiger partial charge in [0.1, 0.15) is 24.1 Å². The van der Waals surface area contributed by atoms with Crippen LogP contribution < -0.4 is 9.64 Å². The van der Waals surface area contributed by atoms with E-state index in [1.807, 2.05) is 51.1 Å². The second kappa shape index (κ2) is 15.6. The number of ether oxygens (including phenoxy) is 4. The number of piperidine rings is 1. The second-order valence-corrected chi connectivity index (χ2v) is 14.3. The summed E-state index contributed by atoms with van der Waals surface area (Å²) in [6.07, 6.45) is 3.78. The highest BCUT2D eigenvalue weighted by molar-refractivity contribution is 5.70. The third-order valence-electron chi connectivity index (χ3n) is 9.68. The normalized spacial score (nSPS) is 21.1. The van der Waals surface area contributed by atoms with E-state index in [0.717, 1.165) is 74.6 Å². The molecule has 3 saturated heterocycles. The van der Waals surface area contributed by atoms with Crippen LogP contribution in [0.1, 0.15) is 69.7 Å². The fourth-order valence-electron chi connectivity index (χ4n) is 7.11. The number of carbonyl (C=O) groups excluding carboxylic acids is 2. The maximum Gasteiger partial charge on any atom is 0.410 e. The fourth-order valence-corrected chi connectivity index (χ4v) is 7.11. The molecular weight excluding hydrogens is 626 g/mol. The molecule has 13 nitrogen and oxygen atoms in total. The van der Waals surface area contributed by atoms with Crippen molar-refractivity contribution in [2.45, 2.75) is 96.2 Å². The van der Waals surface area contributed by atoms with E-state index in [9.17, 15) is 14.9 Å². The highest BCUT2D eigenvalue weighted by Crippen LogP contribution is 2.32. The van der Waals surface area contributed by atoms with E-state index >= 15 is 0 Å². The number of hydrogen-bond acceptors (Lipinski definition) is 11. The molecular formula is C36H49N7O6. The van der Waals surface area contributed by atoms with Crippen LogP contribution >= 0.6 is 0 Å². The lowest BCUT2D eigenvalue weighted by atomic mass is 10.0. The number of nitrogens with zero attached hydrogens (tertiary/aromatic N) is 7. The Bertz CT molecular complexity index is 1480. The Hall–Kier alpha value is -4.15. The van der Waals surface area contributed by atoms with Gasteiger partial charge >= 0.3 is 18.2 Å². The van der Waals surface area contributed by atoms with Gasteiger partial charge in [-0.25, -0.2) is 9.59 Å². The van der Waals surface area contributed by atoms with Gasteiger partial charge in [0, 0.05) is 64.1 Å². The molecule has 0 spiro atoms. The molecule has 49 heavy (non-hydrogen) atoms. The smallest absolute Gasteiger partial charge is 0.410 e. The van der Waals surface area contributed by atoms with E-state index in [-0.39, 0.29) is 37.8 Å². The van der Waals surface area contributed by atoms with Crippen molar-refractivity contribution in [1.82, 2.24) is 24.7 Å². The van der Waals surface area contributed by atoms with E-state index in [0.29, 0.717) is 44.7 Å². The molecule has 6 rings (SSSR count). The molecule has 2 amide bonds. The first kappa shape index (κ1) is 34.7. The molecule has 5 heterocycles. The summed E-state index contributed by atoms with van der Waals surface area (Å²) in [5.41, 5.74) is 1.98. The highest BCUT2D eigenvalue weighted by Gasteiger charge is 2.36. The number of likely N-dealkylation sites (tertiary alicyclic amines) is 1. The van der Waals surface area contributed by atoms with Gasteiger partial charge in [-0.15, -0.1) is 0 Å². The molecule has 0 N–H and O–H groups in total. The zero-order chi connectivity index (χ0) is 34.4. The third-order valence-corrected chi connectivity index (χ3v) is 9.68. The van der Waals surface area contributed by atoms with Crippen molar-refractivity contribution in [3.8, 4) is 12.1 Å². The minimum Gasteiger partial charge on any atom is -0.460 e. The van der Waals surface area contributed by atoms with E-state index < -0.39 is 11.7 Å². The van der Waals surface area contributed by atoms with Crippen molar-refractivity contribution in [2.75, 3.05) is 57.4 Å². The summed E-state index contributed by atoms with van der Waals surface area (Å²) in [6, 6.07) is 12.3. The minimum atomic E-state index is -0.611. The molecule has 2 aromatic rings. The maximum atomic E-state index is 13.2. The van der Waals surface area contributed by atoms with Gasteiger partial charge in [0.2, 0.25) is 0 Å². The van der Waals surface area contributed by atoms with Crippen LogP contribution in [0, 0.1) is 11.3 Å². The van der Waals surface area contributed by atoms with Crippen LogP contribution in [0.4, 0.5) is 15.4 Å². The molecule has 3 fully saturated rings. The van der Waals surface area contributed by atoms with Crippen LogP contribution in [-0.4, -0.2) is 113 Å². The van der Waals surface area contributed by atoms with Crippen molar-refractivity contribution >= 4 is 18.0 Å². The van der Waals surface area contributed by atoms with Gasteiger partial charge in [-0.3, -0.25) is 4.90 Å². The summed E-state index contributed by atoms with van der Waals surface area (Å²) in [4.78, 5) is 44.2. The van der Waals surface area contributed by atoms with Gasteiger partial charge in [0.05, 0.1) is 30.8 Å². The van der Waals surface area contributed by atoms with Crippen LogP contribution in [-0.2, 0) is 33.8 Å². The van der Waals surface area contributed by atoms with Crippen LogP contribution in [0.15, 0.2) is 30.3 Å². The molecule has 0 unspecified atom stereocenters. The van der Waals surface area contributed by atoms with Crippen LogP contribution in [0.3, 0.4) is 0 Å². The monoisotopic (exact) mass is 675 g/mol. The Morgan fingerprint density at radius 1 is 0.980 bits per heavy atom. The molecule has 1 aromatic carbocycles. The first-order valence-electron chi connectivity index (χ1n) is 17.6. The lowest BCUT2D eigenvalue weighted by Gasteiger charge is -2.42. The number of anilines is 1. The maximum absolute atomic E-state index is 13.2. The zero-order valence-corrected chi connectivity index (χ0v) is 29.0. The zero-order valence-electron chi connectivity index (χ0n) is 29.0. The Morgan fingerprint density at radius 2 is 1.73 bits per heavy atom. The van der Waals surface area contributed by atoms with Gasteiger partial charge in [-0.05, 0) is 58.4 Å². The fraction of sp³-hybridized carbons (Fsp3) is 0.639. The van der Waals surface area contributed by atoms with E-state index in [2.05, 4.69) is 15.9 Å². The quantitative estimate of drug-likeness (QED) is 0.410. The lowest BCUT2D eigenvalue weighted by molar-refractivity contribution is 0.00843. The minimum absolute atomic E-state index is 0.0184. The predicted molar refractivity (Wildman–Crippen MR) is 181 cm³/mol. The van der Waals surface area contributed by atoms with Crippen molar-refractivity contribution in [3.05, 3.63) is 47.2 Å². The molecule has 264 valence electrons. The molecule has 1 aromatic heterocycles. The second-order valence-electron chi connectivity index (χ2n) is 14.3. The van der Waals surface area contributed by atoms with Gasteiger partial charge in [-0.1, -0.05) is 30.3 Å². The average Bonchev–Trinajstić information content (AvgIpc) is 3.10. The van der Waals surface area contributed by atoms with E-state index in [1.54, 1.807) is 9.80 Å². The molecule has 4 aliphatic rings. The predicted octanol–water partition coefficient (Wildman–Crippen LogP) is 4.53. The number of rotatable bonds is 7. The van der Waals surface area contributed by atoms with Crippen molar-refractivity contribution in [3.63, 3.8) is 0 Å². The van der Waals surface area contributed by atoms with E-state index in [4.69, 9.17) is 28.9 Å². The van der Waals surface area contributed by atoms with Gasteiger partial charge < -0.3 is 33.6 Å². The largest absolute Gasteiger partial charge is 0.460 e. The van der Waals surface area contributed by atoms with Crippen LogP contribution in [0.2, 0.25) is 0 Å². The van der Waals surface area contributed by atoms with Gasteiger partial charge in [0.25, 0.3) is 0 Å². The number of hydrogen-bond donors (Lipinski definition) is 0. The summed E-state index contributed by atoms with van der Waals surface area (Å²) in [7, 11) is 0. The Kier molecular flexibility index (Phi) is 11.0. The van der Waals surface area contributed by atoms with Gasteiger partial charge in [0.15, 0.2) is 0 Å². The number of fused-ring (bicyclic) bond motifs is 1. The molecule has 0 aliphatic carbocycles. The van der Waals surface area contributed by atoms with Crippen LogP contribution in [0.25, 0.3) is 0 Å². The lowest BCUT2D eigenvalue weighted by Crippen LogP contribution is -2.56. The Balaban J connectivity index is 1.19. The number of piperazine rings is 1. The molecule has 4 aliphatic heterocycles. The molecule has 1 atom stereocenters. The number of amides is 2. The number of carbonyl (C=O) groups is 2. The number of aromatic nitrogens is 2. The summed E-state index contributed by atoms with van der Waals surface area (Å²) in [5, 5.41) is 9.71. The Morgan fingerprint density at radius 3 is 2.45 bits per heavy atom. The van der Waals surface area contributed by atoms with Gasteiger partial charge in [-0.2, -0.15) is 15.2 Å². The van der Waals surface area contributed by atoms with E-state index in [1.165, 1.54) is 0 Å². The Labute approximate surface area is 289 Å². The average molecular weight is 676 g/mol. The highest BCUT2D eigenvalue weighted by atomic mass is 16.6. The molecule has 0 saturated carbocycles. The van der Waals surface area contributed by atoms with Crippen LogP contribution in [0.5, 0.6) is 6.01 Å². The number of nitriles is 1.